The fourth-order valence-electron chi connectivity index (χ4n) is 4.99. The van der Waals surface area contributed by atoms with E-state index in [4.69, 9.17) is 4.98 Å². The first-order valence-corrected chi connectivity index (χ1v) is 14.5. The van der Waals surface area contributed by atoms with E-state index in [1.54, 1.807) is 0 Å². The number of imidazole rings is 1. The molecule has 0 aliphatic rings. The van der Waals surface area contributed by atoms with Gasteiger partial charge in [0.05, 0.1) is 16.6 Å². The first-order chi connectivity index (χ1) is 19.8. The van der Waals surface area contributed by atoms with Crippen molar-refractivity contribution in [3.63, 3.8) is 0 Å². The third-order valence-corrected chi connectivity index (χ3v) is 7.52. The molecule has 5 aromatic rings. The minimum absolute atomic E-state index is 0.157. The molecule has 212 valence electrons. The molecule has 8 nitrogen and oxygen atoms in total. The number of H-pyrrole nitrogens is 1. The largest absolute Gasteiger partial charge is 0.354 e. The van der Waals surface area contributed by atoms with Gasteiger partial charge in [0, 0.05) is 35.3 Å². The van der Waals surface area contributed by atoms with Gasteiger partial charge in [-0.25, -0.2) is 15.0 Å². The minimum atomic E-state index is -0.157. The summed E-state index contributed by atoms with van der Waals surface area (Å²) in [7, 11) is 0. The molecular formula is C33H39N7O. The molecule has 2 heterocycles. The highest BCUT2D eigenvalue weighted by molar-refractivity contribution is 6.06. The van der Waals surface area contributed by atoms with Crippen molar-refractivity contribution in [3.8, 4) is 11.1 Å². The molecule has 0 radical (unpaired) electrons. The van der Waals surface area contributed by atoms with E-state index in [2.05, 4.69) is 77.2 Å². The number of carbonyl (C=O) groups excluding carboxylic acids is 1. The maximum Gasteiger partial charge on any atom is 0.255 e. The number of aryl methyl sites for hydroxylation is 1. The summed E-state index contributed by atoms with van der Waals surface area (Å²) in [6.45, 7) is 14.7. The normalized spacial score (nSPS) is 11.6. The minimum Gasteiger partial charge on any atom is -0.354 e. The third-order valence-electron chi connectivity index (χ3n) is 7.52. The van der Waals surface area contributed by atoms with Crippen molar-refractivity contribution in [2.24, 2.45) is 0 Å². The zero-order valence-electron chi connectivity index (χ0n) is 24.6. The molecule has 0 atom stereocenters. The van der Waals surface area contributed by atoms with Gasteiger partial charge in [0.2, 0.25) is 5.95 Å². The lowest BCUT2D eigenvalue weighted by Crippen LogP contribution is -2.25. The van der Waals surface area contributed by atoms with Crippen LogP contribution in [0.25, 0.3) is 33.1 Å². The Balaban J connectivity index is 1.30. The van der Waals surface area contributed by atoms with Gasteiger partial charge in [0.15, 0.2) is 0 Å². The fourth-order valence-corrected chi connectivity index (χ4v) is 4.99. The zero-order valence-corrected chi connectivity index (χ0v) is 24.6. The first kappa shape index (κ1) is 28.2. The second-order valence-corrected chi connectivity index (χ2v) is 10.8. The molecule has 0 aliphatic heterocycles. The SMILES string of the molecule is CCN(CC)CCCNc1ncc2cc(-c3cc(C(=O)Nc4ccc5nc(C(C)C)[nH]c5c4)ccc3C)ccc2n1. The van der Waals surface area contributed by atoms with Crippen molar-refractivity contribution >= 4 is 39.5 Å². The quantitative estimate of drug-likeness (QED) is 0.153. The van der Waals surface area contributed by atoms with Gasteiger partial charge in [-0.1, -0.05) is 39.8 Å². The van der Waals surface area contributed by atoms with E-state index in [0.717, 1.165) is 82.7 Å². The van der Waals surface area contributed by atoms with E-state index in [-0.39, 0.29) is 5.91 Å². The average molecular weight is 550 g/mol. The number of amides is 1. The van der Waals surface area contributed by atoms with E-state index >= 15 is 0 Å². The maximum absolute atomic E-state index is 13.2. The third kappa shape index (κ3) is 6.55. The Labute approximate surface area is 241 Å². The number of nitrogens with one attached hydrogen (secondary N) is 3. The molecule has 1 amide bonds. The molecule has 3 aromatic carbocycles. The number of anilines is 2. The number of aromatic nitrogens is 4. The van der Waals surface area contributed by atoms with E-state index in [1.165, 1.54) is 0 Å². The summed E-state index contributed by atoms with van der Waals surface area (Å²) >= 11 is 0. The molecular weight excluding hydrogens is 510 g/mol. The zero-order chi connectivity index (χ0) is 28.9. The Kier molecular flexibility index (Phi) is 8.59. The second kappa shape index (κ2) is 12.5. The Morgan fingerprint density at radius 2 is 1.78 bits per heavy atom. The van der Waals surface area contributed by atoms with Gasteiger partial charge < -0.3 is 20.5 Å². The van der Waals surface area contributed by atoms with Crippen LogP contribution in [0.4, 0.5) is 11.6 Å². The molecule has 41 heavy (non-hydrogen) atoms. The molecule has 8 heteroatoms. The highest BCUT2D eigenvalue weighted by Crippen LogP contribution is 2.28. The summed E-state index contributed by atoms with van der Waals surface area (Å²) in [6, 6.07) is 17.7. The highest BCUT2D eigenvalue weighted by atomic mass is 16.1. The van der Waals surface area contributed by atoms with Gasteiger partial charge in [0.25, 0.3) is 5.91 Å². The molecule has 0 bridgehead atoms. The Hall–Kier alpha value is -4.30. The number of carbonyl (C=O) groups is 1. The van der Waals surface area contributed by atoms with Gasteiger partial charge in [-0.3, -0.25) is 4.79 Å². The predicted octanol–water partition coefficient (Wildman–Crippen LogP) is 7.00. The standard InChI is InChI=1S/C33H39N7O/c1-6-40(7-2)16-8-15-34-33-35-20-25-17-23(11-13-28(25)39-33)27-18-24(10-9-22(27)5)32(41)36-26-12-14-29-30(19-26)38-31(37-29)21(3)4/h9-14,17-21H,6-8,15-16H2,1-5H3,(H,36,41)(H,37,38)(H,34,35,39). The summed E-state index contributed by atoms with van der Waals surface area (Å²) in [5.74, 6) is 1.73. The Bertz CT molecular complexity index is 1670. The molecule has 0 spiro atoms. The molecule has 0 unspecified atom stereocenters. The molecule has 5 rings (SSSR count). The Morgan fingerprint density at radius 3 is 2.56 bits per heavy atom. The molecule has 2 aromatic heterocycles. The topological polar surface area (TPSA) is 98.8 Å². The highest BCUT2D eigenvalue weighted by Gasteiger charge is 2.13. The van der Waals surface area contributed by atoms with Crippen LogP contribution >= 0.6 is 0 Å². The van der Waals surface area contributed by atoms with Crippen LogP contribution in [0.15, 0.2) is 60.8 Å². The summed E-state index contributed by atoms with van der Waals surface area (Å²) < 4.78 is 0. The fraction of sp³-hybridized carbons (Fsp3) is 0.333. The lowest BCUT2D eigenvalue weighted by atomic mass is 9.97. The van der Waals surface area contributed by atoms with Gasteiger partial charge >= 0.3 is 0 Å². The van der Waals surface area contributed by atoms with E-state index in [0.29, 0.717) is 17.4 Å². The number of hydrogen-bond acceptors (Lipinski definition) is 6. The van der Waals surface area contributed by atoms with Gasteiger partial charge in [-0.2, -0.15) is 0 Å². The van der Waals surface area contributed by atoms with E-state index < -0.39 is 0 Å². The lowest BCUT2D eigenvalue weighted by molar-refractivity contribution is 0.102. The molecule has 3 N–H and O–H groups in total. The molecule has 0 aliphatic carbocycles. The summed E-state index contributed by atoms with van der Waals surface area (Å²) in [5, 5.41) is 7.35. The van der Waals surface area contributed by atoms with E-state index in [1.807, 2.05) is 48.7 Å². The average Bonchev–Trinajstić information content (AvgIpc) is 3.41. The molecule has 0 saturated carbocycles. The van der Waals surface area contributed by atoms with Gasteiger partial charge in [-0.15, -0.1) is 0 Å². The van der Waals surface area contributed by atoms with E-state index in [9.17, 15) is 4.79 Å². The number of benzene rings is 3. The van der Waals surface area contributed by atoms with Crippen molar-refractivity contribution in [1.29, 1.82) is 0 Å². The van der Waals surface area contributed by atoms with Crippen molar-refractivity contribution in [1.82, 2.24) is 24.8 Å². The van der Waals surface area contributed by atoms with Crippen LogP contribution in [0, 0.1) is 6.92 Å². The van der Waals surface area contributed by atoms with Crippen LogP contribution in [-0.4, -0.2) is 56.9 Å². The smallest absolute Gasteiger partial charge is 0.255 e. The summed E-state index contributed by atoms with van der Waals surface area (Å²) in [4.78, 5) is 32.8. The maximum atomic E-state index is 13.2. The van der Waals surface area contributed by atoms with Crippen LogP contribution in [0.5, 0.6) is 0 Å². The van der Waals surface area contributed by atoms with Crippen LogP contribution in [0.3, 0.4) is 0 Å². The molecule has 0 saturated heterocycles. The van der Waals surface area contributed by atoms with Crippen LogP contribution in [0.1, 0.15) is 61.8 Å². The van der Waals surface area contributed by atoms with Crippen molar-refractivity contribution < 1.29 is 4.79 Å². The van der Waals surface area contributed by atoms with Crippen molar-refractivity contribution in [2.45, 2.75) is 47.0 Å². The number of nitrogens with zero attached hydrogens (tertiary/aromatic N) is 4. The van der Waals surface area contributed by atoms with Crippen LogP contribution in [0.2, 0.25) is 0 Å². The second-order valence-electron chi connectivity index (χ2n) is 10.8. The Morgan fingerprint density at radius 1 is 0.976 bits per heavy atom. The monoisotopic (exact) mass is 549 g/mol. The van der Waals surface area contributed by atoms with Gasteiger partial charge in [0.1, 0.15) is 5.82 Å². The van der Waals surface area contributed by atoms with Crippen molar-refractivity contribution in [2.75, 3.05) is 36.8 Å². The number of rotatable bonds is 11. The van der Waals surface area contributed by atoms with Crippen LogP contribution < -0.4 is 10.6 Å². The van der Waals surface area contributed by atoms with Crippen molar-refractivity contribution in [3.05, 3.63) is 77.7 Å². The number of aromatic amines is 1. The summed E-state index contributed by atoms with van der Waals surface area (Å²) in [5.41, 5.74) is 7.12. The lowest BCUT2D eigenvalue weighted by Gasteiger charge is -2.17. The number of fused-ring (bicyclic) bond motifs is 2. The van der Waals surface area contributed by atoms with Crippen LogP contribution in [-0.2, 0) is 0 Å². The number of hydrogen-bond donors (Lipinski definition) is 3. The first-order valence-electron chi connectivity index (χ1n) is 14.5. The predicted molar refractivity (Wildman–Crippen MR) is 169 cm³/mol. The van der Waals surface area contributed by atoms with Gasteiger partial charge in [-0.05, 0) is 92.1 Å². The summed E-state index contributed by atoms with van der Waals surface area (Å²) in [6.07, 6.45) is 2.91. The molecule has 0 fully saturated rings.